The summed E-state index contributed by atoms with van der Waals surface area (Å²) in [7, 11) is -1.93. The third-order valence-electron chi connectivity index (χ3n) is 2.88. The van der Waals surface area contributed by atoms with E-state index in [1.807, 2.05) is 0 Å². The molecule has 0 aliphatic carbocycles. The maximum atomic E-state index is 13.1. The molecule has 0 amide bonds. The van der Waals surface area contributed by atoms with Crippen molar-refractivity contribution in [3.05, 3.63) is 29.8 Å². The summed E-state index contributed by atoms with van der Waals surface area (Å²) < 4.78 is 89.8. The van der Waals surface area contributed by atoms with E-state index in [9.17, 15) is 30.6 Å². The first-order valence-electron chi connectivity index (χ1n) is 5.97. The minimum atomic E-state index is -4.92. The monoisotopic (exact) mass is 349 g/mol. The molecule has 0 aromatic heterocycles. The minimum absolute atomic E-state index is 0.251. The normalized spacial score (nSPS) is 16.9. The number of halogens is 6. The molecule has 10 heteroatoms. The van der Waals surface area contributed by atoms with Crippen molar-refractivity contribution in [3.63, 3.8) is 0 Å². The molecule has 0 aliphatic heterocycles. The van der Waals surface area contributed by atoms with Gasteiger partial charge in [0.25, 0.3) is 0 Å². The molecular formula is C12H13F6NO2S. The van der Waals surface area contributed by atoms with Crippen molar-refractivity contribution in [1.82, 2.24) is 0 Å². The van der Waals surface area contributed by atoms with Crippen molar-refractivity contribution in [2.24, 2.45) is 5.14 Å². The van der Waals surface area contributed by atoms with Gasteiger partial charge in [-0.05, 0) is 31.0 Å². The second kappa shape index (κ2) is 6.86. The van der Waals surface area contributed by atoms with Gasteiger partial charge in [0.15, 0.2) is 0 Å². The zero-order chi connectivity index (χ0) is 17.1. The molecule has 3 atom stereocenters. The highest BCUT2D eigenvalue weighted by atomic mass is 32.2. The molecule has 0 fully saturated rings. The molecule has 2 unspecified atom stereocenters. The lowest BCUT2D eigenvalue weighted by molar-refractivity contribution is -0.274. The molecule has 0 spiro atoms. The topological polar surface area (TPSA) is 52.3 Å². The number of benzene rings is 1. The van der Waals surface area contributed by atoms with Crippen molar-refractivity contribution >= 4 is 11.0 Å². The van der Waals surface area contributed by atoms with Crippen molar-refractivity contribution in [2.45, 2.75) is 37.1 Å². The molecule has 22 heavy (non-hydrogen) atoms. The standard InChI is InChI=1S/C12H13F6NO2S/c1-7(22(19)20)6-10(11(13,14)15)8-2-4-9(5-3-8)21-12(16,17)18/h2-5,7,10H,6,19H2,1H3/t7?,10-,22?/m1/s1. The molecule has 0 saturated carbocycles. The van der Waals surface area contributed by atoms with E-state index >= 15 is 0 Å². The van der Waals surface area contributed by atoms with Crippen molar-refractivity contribution < 1.29 is 35.3 Å². The van der Waals surface area contributed by atoms with E-state index in [4.69, 9.17) is 5.14 Å². The number of ether oxygens (including phenoxy) is 1. The van der Waals surface area contributed by atoms with Gasteiger partial charge in [0.2, 0.25) is 0 Å². The summed E-state index contributed by atoms with van der Waals surface area (Å²) in [4.78, 5) is 0. The highest BCUT2D eigenvalue weighted by molar-refractivity contribution is 7.83. The summed E-state index contributed by atoms with van der Waals surface area (Å²) >= 11 is 0. The van der Waals surface area contributed by atoms with E-state index in [0.717, 1.165) is 24.3 Å². The zero-order valence-electron chi connectivity index (χ0n) is 11.2. The van der Waals surface area contributed by atoms with Gasteiger partial charge in [-0.15, -0.1) is 13.2 Å². The van der Waals surface area contributed by atoms with Crippen LogP contribution in [0.5, 0.6) is 5.75 Å². The van der Waals surface area contributed by atoms with Crippen LogP contribution in [0.25, 0.3) is 0 Å². The van der Waals surface area contributed by atoms with Crippen LogP contribution < -0.4 is 9.88 Å². The van der Waals surface area contributed by atoms with Crippen molar-refractivity contribution in [1.29, 1.82) is 0 Å². The predicted molar refractivity (Wildman–Crippen MR) is 68.3 cm³/mol. The number of nitrogens with two attached hydrogens (primary N) is 1. The van der Waals surface area contributed by atoms with Crippen LogP contribution in [0.2, 0.25) is 0 Å². The molecule has 3 nitrogen and oxygen atoms in total. The van der Waals surface area contributed by atoms with Gasteiger partial charge >= 0.3 is 12.5 Å². The molecule has 1 aromatic carbocycles. The van der Waals surface area contributed by atoms with E-state index in [1.54, 1.807) is 0 Å². The Morgan fingerprint density at radius 3 is 2.00 bits per heavy atom. The fourth-order valence-corrected chi connectivity index (χ4v) is 2.17. The lowest BCUT2D eigenvalue weighted by Gasteiger charge is -2.23. The first kappa shape index (κ1) is 18.8. The third-order valence-corrected chi connectivity index (χ3v) is 3.86. The Bertz CT molecular complexity index is 514. The van der Waals surface area contributed by atoms with E-state index in [-0.39, 0.29) is 5.56 Å². The first-order valence-corrected chi connectivity index (χ1v) is 7.25. The molecule has 0 radical (unpaired) electrons. The number of hydrogen-bond acceptors (Lipinski definition) is 2. The van der Waals surface area contributed by atoms with Crippen LogP contribution in [0, 0.1) is 0 Å². The number of hydrogen-bond donors (Lipinski definition) is 1. The summed E-state index contributed by atoms with van der Waals surface area (Å²) in [5.74, 6) is -2.59. The van der Waals surface area contributed by atoms with Gasteiger partial charge in [0, 0.05) is 5.25 Å². The van der Waals surface area contributed by atoms with Crippen LogP contribution in [-0.4, -0.2) is 22.0 Å². The summed E-state index contributed by atoms with van der Waals surface area (Å²) in [5.41, 5.74) is -0.251. The molecule has 126 valence electrons. The lowest BCUT2D eigenvalue weighted by atomic mass is 9.93. The highest BCUT2D eigenvalue weighted by Crippen LogP contribution is 2.39. The minimum Gasteiger partial charge on any atom is -0.406 e. The molecule has 1 aromatic rings. The SMILES string of the molecule is CC(C[C@H](c1ccc(OC(F)(F)F)cc1)C(F)(F)F)S(N)=O. The molecule has 0 aliphatic rings. The van der Waals surface area contributed by atoms with E-state index in [1.165, 1.54) is 6.92 Å². The lowest BCUT2D eigenvalue weighted by Crippen LogP contribution is -2.28. The second-order valence-corrected chi connectivity index (χ2v) is 6.05. The van der Waals surface area contributed by atoms with Gasteiger partial charge in [-0.25, -0.2) is 4.21 Å². The molecule has 0 bridgehead atoms. The van der Waals surface area contributed by atoms with Crippen LogP contribution in [0.1, 0.15) is 24.8 Å². The van der Waals surface area contributed by atoms with Crippen molar-refractivity contribution in [2.75, 3.05) is 0 Å². The van der Waals surface area contributed by atoms with Crippen LogP contribution in [0.15, 0.2) is 24.3 Å². The third kappa shape index (κ3) is 5.84. The Morgan fingerprint density at radius 1 is 1.14 bits per heavy atom. The highest BCUT2D eigenvalue weighted by Gasteiger charge is 2.42. The van der Waals surface area contributed by atoms with Crippen LogP contribution in [0.4, 0.5) is 26.3 Å². The fourth-order valence-electron chi connectivity index (χ4n) is 1.79. The van der Waals surface area contributed by atoms with Crippen LogP contribution >= 0.6 is 0 Å². The fraction of sp³-hybridized carbons (Fsp3) is 0.500. The van der Waals surface area contributed by atoms with Gasteiger partial charge in [-0.2, -0.15) is 13.2 Å². The predicted octanol–water partition coefficient (Wildman–Crippen LogP) is 3.63. The Balaban J connectivity index is 2.98. The molecule has 1 rings (SSSR count). The van der Waals surface area contributed by atoms with Gasteiger partial charge in [0.05, 0.1) is 16.9 Å². The molecule has 0 heterocycles. The van der Waals surface area contributed by atoms with Gasteiger partial charge in [-0.1, -0.05) is 12.1 Å². The van der Waals surface area contributed by atoms with Gasteiger partial charge in [0.1, 0.15) is 5.75 Å². The van der Waals surface area contributed by atoms with Crippen LogP contribution in [0.3, 0.4) is 0 Å². The molecule has 0 saturated heterocycles. The Kier molecular flexibility index (Phi) is 5.85. The van der Waals surface area contributed by atoms with E-state index < -0.39 is 46.9 Å². The summed E-state index contributed by atoms with van der Waals surface area (Å²) in [6.45, 7) is 1.30. The summed E-state index contributed by atoms with van der Waals surface area (Å²) in [5, 5.41) is 4.14. The summed E-state index contributed by atoms with van der Waals surface area (Å²) in [6, 6.07) is 3.38. The number of alkyl halides is 6. The Hall–Kier alpha value is -1.29. The van der Waals surface area contributed by atoms with Gasteiger partial charge < -0.3 is 4.74 Å². The first-order chi connectivity index (χ1) is 9.90. The zero-order valence-corrected chi connectivity index (χ0v) is 12.1. The van der Waals surface area contributed by atoms with Gasteiger partial charge in [-0.3, -0.25) is 5.14 Å². The average Bonchev–Trinajstić information content (AvgIpc) is 2.33. The quantitative estimate of drug-likeness (QED) is 0.826. The summed E-state index contributed by atoms with van der Waals surface area (Å²) in [6.07, 6.45) is -10.1. The van der Waals surface area contributed by atoms with E-state index in [0.29, 0.717) is 0 Å². The molecular weight excluding hydrogens is 336 g/mol. The maximum absolute atomic E-state index is 13.1. The molecule has 2 N–H and O–H groups in total. The Labute approximate surface area is 125 Å². The average molecular weight is 349 g/mol. The maximum Gasteiger partial charge on any atom is 0.573 e. The number of rotatable bonds is 5. The smallest absolute Gasteiger partial charge is 0.406 e. The van der Waals surface area contributed by atoms with Crippen LogP contribution in [-0.2, 0) is 11.0 Å². The van der Waals surface area contributed by atoms with E-state index in [2.05, 4.69) is 4.74 Å². The second-order valence-electron chi connectivity index (χ2n) is 4.59. The Morgan fingerprint density at radius 2 is 1.64 bits per heavy atom. The largest absolute Gasteiger partial charge is 0.573 e. The van der Waals surface area contributed by atoms with Crippen molar-refractivity contribution in [3.8, 4) is 5.75 Å².